The molecule has 1 aromatic carbocycles. The summed E-state index contributed by atoms with van der Waals surface area (Å²) in [5.74, 6) is 0.448. The van der Waals surface area contributed by atoms with Gasteiger partial charge < -0.3 is 5.32 Å². The molecule has 0 aliphatic heterocycles. The topological polar surface area (TPSA) is 12.0 Å². The monoisotopic (exact) mass is 255 g/mol. The maximum Gasteiger partial charge on any atom is 0.123 e. The molecule has 0 radical (unpaired) electrons. The molecule has 1 saturated carbocycles. The highest BCUT2D eigenvalue weighted by atomic mass is 35.5. The Balaban J connectivity index is 1.95. The lowest BCUT2D eigenvalue weighted by Crippen LogP contribution is -2.25. The van der Waals surface area contributed by atoms with Crippen LogP contribution in [-0.4, -0.2) is 12.6 Å². The van der Waals surface area contributed by atoms with Crippen molar-refractivity contribution in [3.63, 3.8) is 0 Å². The molecule has 1 nitrogen and oxygen atoms in total. The van der Waals surface area contributed by atoms with Crippen LogP contribution in [0.5, 0.6) is 0 Å². The second kappa shape index (κ2) is 5.83. The molecule has 0 aromatic heterocycles. The van der Waals surface area contributed by atoms with Gasteiger partial charge in [-0.1, -0.05) is 18.5 Å². The number of benzene rings is 1. The van der Waals surface area contributed by atoms with Crippen molar-refractivity contribution in [2.75, 3.05) is 6.54 Å². The minimum atomic E-state index is -0.189. The molecular formula is C14H19ClFN. The zero-order chi connectivity index (χ0) is 12.3. The molecule has 0 spiro atoms. The van der Waals surface area contributed by atoms with E-state index in [1.54, 1.807) is 12.1 Å². The van der Waals surface area contributed by atoms with Crippen LogP contribution in [0.3, 0.4) is 0 Å². The third-order valence-corrected chi connectivity index (χ3v) is 3.92. The number of rotatable bonds is 4. The Morgan fingerprint density at radius 1 is 1.41 bits per heavy atom. The van der Waals surface area contributed by atoms with Crippen LogP contribution in [-0.2, 0) is 6.42 Å². The lowest BCUT2D eigenvalue weighted by Gasteiger charge is -2.13. The Kier molecular flexibility index (Phi) is 4.41. The maximum atomic E-state index is 13.1. The van der Waals surface area contributed by atoms with E-state index in [1.165, 1.54) is 25.3 Å². The molecule has 3 heteroatoms. The Morgan fingerprint density at radius 2 is 2.24 bits per heavy atom. The summed E-state index contributed by atoms with van der Waals surface area (Å²) in [6.45, 7) is 3.16. The van der Waals surface area contributed by atoms with Gasteiger partial charge in [-0.3, -0.25) is 0 Å². The first-order chi connectivity index (χ1) is 8.19. The average Bonchev–Trinajstić information content (AvgIpc) is 2.72. The average molecular weight is 256 g/mol. The molecule has 1 N–H and O–H groups in total. The van der Waals surface area contributed by atoms with Crippen molar-refractivity contribution in [2.45, 2.75) is 38.6 Å². The summed E-state index contributed by atoms with van der Waals surface area (Å²) in [4.78, 5) is 0. The van der Waals surface area contributed by atoms with Gasteiger partial charge in [-0.05, 0) is 61.9 Å². The molecule has 2 atom stereocenters. The second-order valence-corrected chi connectivity index (χ2v) is 5.28. The van der Waals surface area contributed by atoms with Crippen molar-refractivity contribution in [3.8, 4) is 0 Å². The molecule has 1 aromatic rings. The van der Waals surface area contributed by atoms with Crippen molar-refractivity contribution in [3.05, 3.63) is 34.6 Å². The van der Waals surface area contributed by atoms with E-state index < -0.39 is 0 Å². The summed E-state index contributed by atoms with van der Waals surface area (Å²) < 4.78 is 13.1. The fourth-order valence-corrected chi connectivity index (χ4v) is 2.94. The van der Waals surface area contributed by atoms with Crippen molar-refractivity contribution in [1.29, 1.82) is 0 Å². The third-order valence-electron chi connectivity index (χ3n) is 3.55. The molecule has 17 heavy (non-hydrogen) atoms. The van der Waals surface area contributed by atoms with Gasteiger partial charge in [0.15, 0.2) is 0 Å². The summed E-state index contributed by atoms with van der Waals surface area (Å²) in [5, 5.41) is 4.17. The fraction of sp³-hybridized carbons (Fsp3) is 0.571. The highest BCUT2D eigenvalue weighted by molar-refractivity contribution is 6.31. The SMILES string of the molecule is CCNC1CCC(Cc2cc(F)ccc2Cl)C1. The molecular weight excluding hydrogens is 237 g/mol. The number of hydrogen-bond donors (Lipinski definition) is 1. The van der Waals surface area contributed by atoms with Crippen molar-refractivity contribution in [1.82, 2.24) is 5.32 Å². The van der Waals surface area contributed by atoms with Gasteiger partial charge >= 0.3 is 0 Å². The highest BCUT2D eigenvalue weighted by Crippen LogP contribution is 2.31. The molecule has 94 valence electrons. The first-order valence-corrected chi connectivity index (χ1v) is 6.74. The number of hydrogen-bond acceptors (Lipinski definition) is 1. The van der Waals surface area contributed by atoms with Crippen LogP contribution in [0.25, 0.3) is 0 Å². The Hall–Kier alpha value is -0.600. The quantitative estimate of drug-likeness (QED) is 0.863. The van der Waals surface area contributed by atoms with E-state index in [9.17, 15) is 4.39 Å². The molecule has 2 rings (SSSR count). The first-order valence-electron chi connectivity index (χ1n) is 6.36. The van der Waals surface area contributed by atoms with Gasteiger partial charge in [-0.15, -0.1) is 0 Å². The van der Waals surface area contributed by atoms with Gasteiger partial charge in [-0.25, -0.2) is 4.39 Å². The first kappa shape index (κ1) is 12.8. The molecule has 2 unspecified atom stereocenters. The van der Waals surface area contributed by atoms with Gasteiger partial charge in [0.1, 0.15) is 5.82 Å². The standard InChI is InChI=1S/C14H19ClFN/c1-2-17-13-5-3-10(8-13)7-11-9-12(16)4-6-14(11)15/h4,6,9-10,13,17H,2-3,5,7-8H2,1H3. The van der Waals surface area contributed by atoms with E-state index in [2.05, 4.69) is 12.2 Å². The molecule has 1 aliphatic carbocycles. The van der Waals surface area contributed by atoms with Crippen LogP contribution in [0, 0.1) is 11.7 Å². The molecule has 0 amide bonds. The molecule has 1 fully saturated rings. The zero-order valence-corrected chi connectivity index (χ0v) is 10.9. The lowest BCUT2D eigenvalue weighted by molar-refractivity contribution is 0.492. The van der Waals surface area contributed by atoms with Crippen LogP contribution in [0.2, 0.25) is 5.02 Å². The summed E-state index contributed by atoms with van der Waals surface area (Å²) in [5.41, 5.74) is 0.953. The van der Waals surface area contributed by atoms with Crippen LogP contribution in [0.15, 0.2) is 18.2 Å². The van der Waals surface area contributed by atoms with Gasteiger partial charge in [0.2, 0.25) is 0 Å². The second-order valence-electron chi connectivity index (χ2n) is 4.87. The summed E-state index contributed by atoms with van der Waals surface area (Å²) >= 11 is 6.09. The van der Waals surface area contributed by atoms with Crippen LogP contribution >= 0.6 is 11.6 Å². The van der Waals surface area contributed by atoms with Crippen LogP contribution in [0.1, 0.15) is 31.7 Å². The normalized spacial score (nSPS) is 24.2. The maximum absolute atomic E-state index is 13.1. The predicted molar refractivity (Wildman–Crippen MR) is 69.9 cm³/mol. The Labute approximate surface area is 107 Å². The number of halogens is 2. The summed E-state index contributed by atoms with van der Waals surface area (Å²) in [6.07, 6.45) is 4.52. The smallest absolute Gasteiger partial charge is 0.123 e. The van der Waals surface area contributed by atoms with E-state index in [-0.39, 0.29) is 5.82 Å². The van der Waals surface area contributed by atoms with E-state index >= 15 is 0 Å². The van der Waals surface area contributed by atoms with Crippen LogP contribution < -0.4 is 5.32 Å². The van der Waals surface area contributed by atoms with Crippen molar-refractivity contribution in [2.24, 2.45) is 5.92 Å². The van der Waals surface area contributed by atoms with E-state index in [4.69, 9.17) is 11.6 Å². The largest absolute Gasteiger partial charge is 0.314 e. The van der Waals surface area contributed by atoms with Crippen molar-refractivity contribution >= 4 is 11.6 Å². The molecule has 1 aliphatic rings. The third kappa shape index (κ3) is 3.43. The molecule has 0 heterocycles. The van der Waals surface area contributed by atoms with Crippen molar-refractivity contribution < 1.29 is 4.39 Å². The van der Waals surface area contributed by atoms with Gasteiger partial charge in [0, 0.05) is 11.1 Å². The van der Waals surface area contributed by atoms with E-state index in [1.807, 2.05) is 0 Å². The zero-order valence-electron chi connectivity index (χ0n) is 10.2. The minimum absolute atomic E-state index is 0.189. The summed E-state index contributed by atoms with van der Waals surface area (Å²) in [6, 6.07) is 5.28. The Morgan fingerprint density at radius 3 is 3.00 bits per heavy atom. The molecule has 0 bridgehead atoms. The predicted octanol–water partition coefficient (Wildman–Crippen LogP) is 3.80. The van der Waals surface area contributed by atoms with Gasteiger partial charge in [0.25, 0.3) is 0 Å². The lowest BCUT2D eigenvalue weighted by atomic mass is 9.97. The minimum Gasteiger partial charge on any atom is -0.314 e. The van der Waals surface area contributed by atoms with E-state index in [0.717, 1.165) is 18.5 Å². The Bertz CT molecular complexity index is 380. The highest BCUT2D eigenvalue weighted by Gasteiger charge is 2.24. The van der Waals surface area contributed by atoms with Gasteiger partial charge in [0.05, 0.1) is 0 Å². The number of nitrogens with one attached hydrogen (secondary N) is 1. The van der Waals surface area contributed by atoms with E-state index in [0.29, 0.717) is 17.0 Å². The van der Waals surface area contributed by atoms with Gasteiger partial charge in [-0.2, -0.15) is 0 Å². The molecule has 0 saturated heterocycles. The fourth-order valence-electron chi connectivity index (χ4n) is 2.75. The van der Waals surface area contributed by atoms with Crippen LogP contribution in [0.4, 0.5) is 4.39 Å². The summed E-state index contributed by atoms with van der Waals surface area (Å²) in [7, 11) is 0.